The average Bonchev–Trinajstić information content (AvgIpc) is 2.83. The molecule has 0 unspecified atom stereocenters. The summed E-state index contributed by atoms with van der Waals surface area (Å²) in [5.41, 5.74) is 3.85. The number of rotatable bonds is 3. The number of nitrogens with one attached hydrogen (secondary N) is 1. The first-order chi connectivity index (χ1) is 11.0. The molecule has 0 saturated carbocycles. The molecule has 0 aromatic heterocycles. The minimum Gasteiger partial charge on any atom is -0.496 e. The van der Waals surface area contributed by atoms with Gasteiger partial charge >= 0.3 is 0 Å². The van der Waals surface area contributed by atoms with Gasteiger partial charge in [-0.05, 0) is 42.8 Å². The zero-order valence-electron chi connectivity index (χ0n) is 13.1. The molecule has 0 bridgehead atoms. The number of hydrogen-bond donors (Lipinski definition) is 1. The number of fused-ring (bicyclic) bond motifs is 1. The number of methoxy groups -OCH3 is 2. The highest BCUT2D eigenvalue weighted by atomic mass is 35.5. The molecule has 0 aliphatic carbocycles. The molecule has 0 radical (unpaired) electrons. The number of benzene rings is 2. The number of hydrogen-bond acceptors (Lipinski definition) is 3. The molecule has 23 heavy (non-hydrogen) atoms. The van der Waals surface area contributed by atoms with Crippen molar-refractivity contribution in [2.45, 2.75) is 6.92 Å². The van der Waals surface area contributed by atoms with E-state index in [0.29, 0.717) is 22.0 Å². The molecule has 0 spiro atoms. The van der Waals surface area contributed by atoms with Gasteiger partial charge in [-0.15, -0.1) is 0 Å². The molecular formula is C18H16ClNO3. The zero-order chi connectivity index (χ0) is 16.6. The van der Waals surface area contributed by atoms with Gasteiger partial charge in [0.1, 0.15) is 11.5 Å². The number of halogens is 1. The maximum Gasteiger partial charge on any atom is 0.256 e. The molecule has 1 aliphatic heterocycles. The highest BCUT2D eigenvalue weighted by Crippen LogP contribution is 2.37. The van der Waals surface area contributed by atoms with Crippen molar-refractivity contribution in [2.75, 3.05) is 19.5 Å². The van der Waals surface area contributed by atoms with Gasteiger partial charge in [0.2, 0.25) is 0 Å². The maximum absolute atomic E-state index is 12.3. The fraction of sp³-hybridized carbons (Fsp3) is 0.167. The fourth-order valence-corrected chi connectivity index (χ4v) is 2.82. The van der Waals surface area contributed by atoms with E-state index < -0.39 is 0 Å². The van der Waals surface area contributed by atoms with E-state index >= 15 is 0 Å². The van der Waals surface area contributed by atoms with E-state index in [1.165, 1.54) is 0 Å². The van der Waals surface area contributed by atoms with Crippen LogP contribution in [0.2, 0.25) is 5.02 Å². The summed E-state index contributed by atoms with van der Waals surface area (Å²) >= 11 is 5.98. The van der Waals surface area contributed by atoms with Gasteiger partial charge in [0.25, 0.3) is 5.91 Å². The first-order valence-corrected chi connectivity index (χ1v) is 7.47. The molecule has 2 aromatic carbocycles. The first kappa shape index (κ1) is 15.4. The van der Waals surface area contributed by atoms with Crippen LogP contribution in [-0.2, 0) is 4.79 Å². The number of carbonyl (C=O) groups is 1. The largest absolute Gasteiger partial charge is 0.496 e. The lowest BCUT2D eigenvalue weighted by Gasteiger charge is -2.11. The SMILES string of the molecule is COc1cc(/C=C2/C(=O)Nc3cc(Cl)ccc32)c(OC)cc1C. The van der Waals surface area contributed by atoms with Crippen LogP contribution in [0.4, 0.5) is 5.69 Å². The summed E-state index contributed by atoms with van der Waals surface area (Å²) in [7, 11) is 3.22. The Bertz CT molecular complexity index is 827. The quantitative estimate of drug-likeness (QED) is 0.860. The molecule has 1 amide bonds. The van der Waals surface area contributed by atoms with E-state index in [9.17, 15) is 4.79 Å². The molecule has 2 aromatic rings. The minimum absolute atomic E-state index is 0.163. The van der Waals surface area contributed by atoms with E-state index in [4.69, 9.17) is 21.1 Å². The predicted molar refractivity (Wildman–Crippen MR) is 92.2 cm³/mol. The summed E-state index contributed by atoms with van der Waals surface area (Å²) in [5.74, 6) is 1.27. The van der Waals surface area contributed by atoms with Crippen LogP contribution in [0.5, 0.6) is 11.5 Å². The third kappa shape index (κ3) is 2.78. The molecule has 0 fully saturated rings. The normalized spacial score (nSPS) is 14.6. The van der Waals surface area contributed by atoms with Crippen LogP contribution in [-0.4, -0.2) is 20.1 Å². The third-order valence-electron chi connectivity index (χ3n) is 3.81. The molecule has 4 nitrogen and oxygen atoms in total. The molecule has 1 heterocycles. The Labute approximate surface area is 139 Å². The van der Waals surface area contributed by atoms with Crippen molar-refractivity contribution >= 4 is 34.8 Å². The summed E-state index contributed by atoms with van der Waals surface area (Å²) in [6.45, 7) is 1.94. The lowest BCUT2D eigenvalue weighted by Crippen LogP contribution is -2.03. The van der Waals surface area contributed by atoms with E-state index in [2.05, 4.69) is 5.32 Å². The maximum atomic E-state index is 12.3. The Morgan fingerprint density at radius 3 is 2.52 bits per heavy atom. The van der Waals surface area contributed by atoms with Crippen molar-refractivity contribution in [3.63, 3.8) is 0 Å². The summed E-state index contributed by atoms with van der Waals surface area (Å²) in [6, 6.07) is 9.09. The number of amides is 1. The van der Waals surface area contributed by atoms with Crippen molar-refractivity contribution < 1.29 is 14.3 Å². The molecule has 1 N–H and O–H groups in total. The van der Waals surface area contributed by atoms with Crippen molar-refractivity contribution in [1.29, 1.82) is 0 Å². The average molecular weight is 330 g/mol. The van der Waals surface area contributed by atoms with Crippen LogP contribution in [0.1, 0.15) is 16.7 Å². The van der Waals surface area contributed by atoms with Gasteiger partial charge in [0, 0.05) is 21.7 Å². The third-order valence-corrected chi connectivity index (χ3v) is 4.05. The summed E-state index contributed by atoms with van der Waals surface area (Å²) in [4.78, 5) is 12.3. The van der Waals surface area contributed by atoms with Crippen LogP contribution in [0.15, 0.2) is 30.3 Å². The summed E-state index contributed by atoms with van der Waals surface area (Å²) in [5, 5.41) is 3.41. The molecule has 3 rings (SSSR count). The van der Waals surface area contributed by atoms with Crippen molar-refractivity contribution in [3.8, 4) is 11.5 Å². The van der Waals surface area contributed by atoms with Crippen molar-refractivity contribution in [2.24, 2.45) is 0 Å². The number of anilines is 1. The van der Waals surface area contributed by atoms with Crippen LogP contribution in [0.25, 0.3) is 11.6 Å². The summed E-state index contributed by atoms with van der Waals surface area (Å²) < 4.78 is 10.8. The molecule has 1 aliphatic rings. The lowest BCUT2D eigenvalue weighted by atomic mass is 10.0. The zero-order valence-corrected chi connectivity index (χ0v) is 13.8. The Morgan fingerprint density at radius 1 is 1.09 bits per heavy atom. The van der Waals surface area contributed by atoms with Crippen LogP contribution >= 0.6 is 11.6 Å². The molecular weight excluding hydrogens is 314 g/mol. The molecule has 118 valence electrons. The number of carbonyl (C=O) groups excluding carboxylic acids is 1. The molecule has 0 saturated heterocycles. The second-order valence-corrected chi connectivity index (χ2v) is 5.70. The van der Waals surface area contributed by atoms with Gasteiger partial charge < -0.3 is 14.8 Å². The van der Waals surface area contributed by atoms with Crippen molar-refractivity contribution in [1.82, 2.24) is 0 Å². The van der Waals surface area contributed by atoms with Crippen LogP contribution in [0.3, 0.4) is 0 Å². The van der Waals surface area contributed by atoms with Crippen LogP contribution in [0, 0.1) is 6.92 Å². The lowest BCUT2D eigenvalue weighted by molar-refractivity contribution is -0.110. The van der Waals surface area contributed by atoms with Gasteiger partial charge in [-0.25, -0.2) is 0 Å². The van der Waals surface area contributed by atoms with E-state index in [1.54, 1.807) is 32.4 Å². The Kier molecular flexibility index (Phi) is 4.01. The van der Waals surface area contributed by atoms with Gasteiger partial charge in [-0.1, -0.05) is 17.7 Å². The topological polar surface area (TPSA) is 47.6 Å². The Morgan fingerprint density at radius 2 is 1.83 bits per heavy atom. The second kappa shape index (κ2) is 5.97. The highest BCUT2D eigenvalue weighted by molar-refractivity contribution is 6.36. The monoisotopic (exact) mass is 329 g/mol. The second-order valence-electron chi connectivity index (χ2n) is 5.27. The van der Waals surface area contributed by atoms with E-state index in [-0.39, 0.29) is 5.91 Å². The van der Waals surface area contributed by atoms with Gasteiger partial charge in [0.15, 0.2) is 0 Å². The van der Waals surface area contributed by atoms with Gasteiger partial charge in [-0.2, -0.15) is 0 Å². The Balaban J connectivity index is 2.14. The molecule has 0 atom stereocenters. The standard InChI is InChI=1S/C18H16ClNO3/c1-10-6-17(23-3)11(8-16(10)22-2)7-14-13-5-4-12(19)9-15(13)20-18(14)21/h4-9H,1-3H3,(H,20,21)/b14-7+. The van der Waals surface area contributed by atoms with Crippen LogP contribution < -0.4 is 14.8 Å². The first-order valence-electron chi connectivity index (χ1n) is 7.09. The number of aryl methyl sites for hydroxylation is 1. The van der Waals surface area contributed by atoms with Gasteiger partial charge in [-0.3, -0.25) is 4.79 Å². The highest BCUT2D eigenvalue weighted by Gasteiger charge is 2.24. The van der Waals surface area contributed by atoms with Crippen molar-refractivity contribution in [3.05, 3.63) is 52.0 Å². The predicted octanol–water partition coefficient (Wildman–Crippen LogP) is 4.16. The minimum atomic E-state index is -0.163. The summed E-state index contributed by atoms with van der Waals surface area (Å²) in [6.07, 6.45) is 1.80. The fourth-order valence-electron chi connectivity index (χ4n) is 2.65. The van der Waals surface area contributed by atoms with E-state index in [1.807, 2.05) is 25.1 Å². The number of ether oxygens (including phenoxy) is 2. The Hall–Kier alpha value is -2.46. The smallest absolute Gasteiger partial charge is 0.256 e. The van der Waals surface area contributed by atoms with Gasteiger partial charge in [0.05, 0.1) is 19.9 Å². The molecule has 5 heteroatoms. The van der Waals surface area contributed by atoms with E-state index in [0.717, 1.165) is 22.4 Å².